The lowest BCUT2D eigenvalue weighted by Crippen LogP contribution is -2.46. The highest BCUT2D eigenvalue weighted by Gasteiger charge is 2.18. The molecule has 0 atom stereocenters. The predicted molar refractivity (Wildman–Crippen MR) is 88.2 cm³/mol. The number of carboxylic acids is 1. The fourth-order valence-corrected chi connectivity index (χ4v) is 3.81. The van der Waals surface area contributed by atoms with Crippen LogP contribution in [0.2, 0.25) is 0 Å². The third-order valence-corrected chi connectivity index (χ3v) is 5.05. The summed E-state index contributed by atoms with van der Waals surface area (Å²) in [6, 6.07) is 8.27. The summed E-state index contributed by atoms with van der Waals surface area (Å²) in [6.07, 6.45) is 1.01. The Kier molecular flexibility index (Phi) is 5.02. The van der Waals surface area contributed by atoms with E-state index in [0.717, 1.165) is 51.2 Å². The first-order chi connectivity index (χ1) is 10.7. The summed E-state index contributed by atoms with van der Waals surface area (Å²) in [4.78, 5) is 20.0. The minimum atomic E-state index is -0.700. The maximum atomic E-state index is 10.5. The van der Waals surface area contributed by atoms with Crippen LogP contribution in [-0.2, 0) is 11.3 Å². The minimum Gasteiger partial charge on any atom is -0.481 e. The van der Waals surface area contributed by atoms with Crippen molar-refractivity contribution in [3.63, 3.8) is 0 Å². The van der Waals surface area contributed by atoms with Crippen molar-refractivity contribution in [1.82, 2.24) is 14.8 Å². The van der Waals surface area contributed by atoms with Crippen molar-refractivity contribution in [2.45, 2.75) is 19.4 Å². The predicted octanol–water partition coefficient (Wildman–Crippen LogP) is 2.28. The van der Waals surface area contributed by atoms with Gasteiger partial charge < -0.3 is 10.0 Å². The average molecular weight is 319 g/mol. The van der Waals surface area contributed by atoms with Crippen molar-refractivity contribution in [2.75, 3.05) is 32.7 Å². The number of thiazole rings is 1. The van der Waals surface area contributed by atoms with Gasteiger partial charge in [-0.3, -0.25) is 9.69 Å². The van der Waals surface area contributed by atoms with Crippen LogP contribution in [0.1, 0.15) is 17.8 Å². The molecule has 1 aromatic carbocycles. The molecular weight excluding hydrogens is 298 g/mol. The topological polar surface area (TPSA) is 56.7 Å². The molecule has 5 nitrogen and oxygen atoms in total. The van der Waals surface area contributed by atoms with Crippen LogP contribution < -0.4 is 0 Å². The molecule has 0 saturated carbocycles. The molecule has 1 aliphatic rings. The van der Waals surface area contributed by atoms with E-state index in [0.29, 0.717) is 0 Å². The number of nitrogens with zero attached hydrogens (tertiary/aromatic N) is 3. The molecule has 2 aromatic rings. The third kappa shape index (κ3) is 4.03. The van der Waals surface area contributed by atoms with Crippen LogP contribution >= 0.6 is 11.3 Å². The molecule has 0 bridgehead atoms. The summed E-state index contributed by atoms with van der Waals surface area (Å²) < 4.78 is 1.25. The minimum absolute atomic E-state index is 0.270. The Morgan fingerprint density at radius 2 is 1.91 bits per heavy atom. The first kappa shape index (κ1) is 15.4. The smallest absolute Gasteiger partial charge is 0.303 e. The normalized spacial score (nSPS) is 17.1. The quantitative estimate of drug-likeness (QED) is 0.885. The molecule has 1 aliphatic heterocycles. The maximum absolute atomic E-state index is 10.5. The van der Waals surface area contributed by atoms with Crippen LogP contribution in [-0.4, -0.2) is 58.6 Å². The molecule has 118 valence electrons. The van der Waals surface area contributed by atoms with Crippen LogP contribution in [0, 0.1) is 0 Å². The highest BCUT2D eigenvalue weighted by molar-refractivity contribution is 7.18. The van der Waals surface area contributed by atoms with Crippen molar-refractivity contribution < 1.29 is 9.90 Å². The van der Waals surface area contributed by atoms with E-state index in [4.69, 9.17) is 10.1 Å². The van der Waals surface area contributed by atoms with Gasteiger partial charge in [-0.1, -0.05) is 12.1 Å². The second-order valence-electron chi connectivity index (χ2n) is 5.69. The number of carbonyl (C=O) groups is 1. The molecule has 0 spiro atoms. The SMILES string of the molecule is O=C(O)CCCN1CCN(Cc2nc3ccccc3s2)CC1. The Labute approximate surface area is 134 Å². The number of benzene rings is 1. The summed E-state index contributed by atoms with van der Waals surface area (Å²) in [5, 5.41) is 9.86. The van der Waals surface area contributed by atoms with Crippen LogP contribution in [0.25, 0.3) is 10.2 Å². The zero-order valence-corrected chi connectivity index (χ0v) is 13.4. The average Bonchev–Trinajstić information content (AvgIpc) is 2.91. The number of rotatable bonds is 6. The van der Waals surface area contributed by atoms with E-state index in [-0.39, 0.29) is 6.42 Å². The van der Waals surface area contributed by atoms with E-state index in [2.05, 4.69) is 28.0 Å². The van der Waals surface area contributed by atoms with E-state index in [9.17, 15) is 4.79 Å². The second-order valence-corrected chi connectivity index (χ2v) is 6.81. The van der Waals surface area contributed by atoms with Gasteiger partial charge in [-0.05, 0) is 25.1 Å². The summed E-state index contributed by atoms with van der Waals surface area (Å²) in [5.41, 5.74) is 1.09. The molecule has 6 heteroatoms. The molecule has 0 aliphatic carbocycles. The Bertz CT molecular complexity index is 602. The summed E-state index contributed by atoms with van der Waals surface area (Å²) in [7, 11) is 0. The van der Waals surface area contributed by atoms with E-state index in [1.54, 1.807) is 11.3 Å². The monoisotopic (exact) mass is 319 g/mol. The van der Waals surface area contributed by atoms with Crippen LogP contribution in [0.5, 0.6) is 0 Å². The number of hydrogen-bond donors (Lipinski definition) is 1. The fourth-order valence-electron chi connectivity index (χ4n) is 2.80. The zero-order chi connectivity index (χ0) is 15.4. The van der Waals surface area contributed by atoms with Gasteiger partial charge in [0.1, 0.15) is 5.01 Å². The first-order valence-corrected chi connectivity index (χ1v) is 8.53. The van der Waals surface area contributed by atoms with Gasteiger partial charge in [0.25, 0.3) is 0 Å². The van der Waals surface area contributed by atoms with Crippen molar-refractivity contribution in [3.8, 4) is 0 Å². The maximum Gasteiger partial charge on any atom is 0.303 e. The van der Waals surface area contributed by atoms with Gasteiger partial charge in [-0.25, -0.2) is 4.98 Å². The molecule has 2 heterocycles. The number of para-hydroxylation sites is 1. The highest BCUT2D eigenvalue weighted by atomic mass is 32.1. The number of hydrogen-bond acceptors (Lipinski definition) is 5. The molecule has 0 unspecified atom stereocenters. The lowest BCUT2D eigenvalue weighted by molar-refractivity contribution is -0.137. The van der Waals surface area contributed by atoms with Crippen molar-refractivity contribution in [3.05, 3.63) is 29.3 Å². The van der Waals surface area contributed by atoms with Crippen LogP contribution in [0.15, 0.2) is 24.3 Å². The van der Waals surface area contributed by atoms with E-state index < -0.39 is 5.97 Å². The van der Waals surface area contributed by atoms with E-state index in [1.807, 2.05) is 6.07 Å². The number of fused-ring (bicyclic) bond motifs is 1. The molecule has 22 heavy (non-hydrogen) atoms. The molecule has 1 saturated heterocycles. The molecule has 0 radical (unpaired) electrons. The van der Waals surface area contributed by atoms with Gasteiger partial charge in [0.2, 0.25) is 0 Å². The first-order valence-electron chi connectivity index (χ1n) is 7.72. The van der Waals surface area contributed by atoms with Gasteiger partial charge in [0.15, 0.2) is 0 Å². The van der Waals surface area contributed by atoms with E-state index >= 15 is 0 Å². The highest BCUT2D eigenvalue weighted by Crippen LogP contribution is 2.22. The van der Waals surface area contributed by atoms with Gasteiger partial charge in [-0.2, -0.15) is 0 Å². The molecule has 1 N–H and O–H groups in total. The van der Waals surface area contributed by atoms with Gasteiger partial charge in [0, 0.05) is 32.6 Å². The number of aliphatic carboxylic acids is 1. The van der Waals surface area contributed by atoms with Crippen molar-refractivity contribution in [1.29, 1.82) is 0 Å². The number of piperazine rings is 1. The Morgan fingerprint density at radius 3 is 2.64 bits per heavy atom. The molecular formula is C16H21N3O2S. The van der Waals surface area contributed by atoms with Crippen molar-refractivity contribution >= 4 is 27.5 Å². The summed E-state index contributed by atoms with van der Waals surface area (Å²) >= 11 is 1.78. The molecule has 0 amide bonds. The molecule has 1 fully saturated rings. The Balaban J connectivity index is 1.46. The molecule has 3 rings (SSSR count). The lowest BCUT2D eigenvalue weighted by atomic mass is 10.2. The van der Waals surface area contributed by atoms with Gasteiger partial charge >= 0.3 is 5.97 Å². The lowest BCUT2D eigenvalue weighted by Gasteiger charge is -2.34. The fraction of sp³-hybridized carbons (Fsp3) is 0.500. The zero-order valence-electron chi connectivity index (χ0n) is 12.6. The molecule has 1 aromatic heterocycles. The third-order valence-electron chi connectivity index (χ3n) is 4.03. The van der Waals surface area contributed by atoms with E-state index in [1.165, 1.54) is 9.71 Å². The summed E-state index contributed by atoms with van der Waals surface area (Å²) in [5.74, 6) is -0.700. The Morgan fingerprint density at radius 1 is 1.18 bits per heavy atom. The second kappa shape index (κ2) is 7.17. The van der Waals surface area contributed by atoms with Crippen molar-refractivity contribution in [2.24, 2.45) is 0 Å². The van der Waals surface area contributed by atoms with Crippen LogP contribution in [0.4, 0.5) is 0 Å². The standard InChI is InChI=1S/C16H21N3O2S/c20-16(21)6-3-7-18-8-10-19(11-9-18)12-15-17-13-4-1-2-5-14(13)22-15/h1-2,4-5H,3,6-12H2,(H,20,21). The number of carboxylic acid groups (broad SMARTS) is 1. The Hall–Kier alpha value is -1.50. The van der Waals surface area contributed by atoms with Gasteiger partial charge in [-0.15, -0.1) is 11.3 Å². The summed E-state index contributed by atoms with van der Waals surface area (Å²) in [6.45, 7) is 5.91. The largest absolute Gasteiger partial charge is 0.481 e. The van der Waals surface area contributed by atoms with Crippen LogP contribution in [0.3, 0.4) is 0 Å². The van der Waals surface area contributed by atoms with Gasteiger partial charge in [0.05, 0.1) is 16.8 Å². The number of aromatic nitrogens is 1.